The quantitative estimate of drug-likeness (QED) is 0.588. The summed E-state index contributed by atoms with van der Waals surface area (Å²) in [6, 6.07) is 5.47. The molecule has 0 aromatic heterocycles. The van der Waals surface area contributed by atoms with Crippen molar-refractivity contribution in [1.82, 2.24) is 10.6 Å². The van der Waals surface area contributed by atoms with Crippen molar-refractivity contribution in [2.24, 2.45) is 0 Å². The Bertz CT molecular complexity index is 586. The minimum atomic E-state index is -1.13. The molecule has 1 rings (SSSR count). The van der Waals surface area contributed by atoms with Crippen LogP contribution in [0.1, 0.15) is 23.2 Å². The molecule has 0 radical (unpaired) electrons. The summed E-state index contributed by atoms with van der Waals surface area (Å²) in [6.07, 6.45) is 2.29. The lowest BCUT2D eigenvalue weighted by molar-refractivity contribution is -0.141. The van der Waals surface area contributed by atoms with Crippen LogP contribution >= 0.6 is 0 Å². The molecule has 0 heterocycles. The summed E-state index contributed by atoms with van der Waals surface area (Å²) in [4.78, 5) is 34.7. The van der Waals surface area contributed by atoms with Crippen LogP contribution in [0.25, 0.3) is 0 Å². The minimum Gasteiger partial charge on any atom is -0.497 e. The molecule has 0 fully saturated rings. The fourth-order valence-corrected chi connectivity index (χ4v) is 1.81. The molecule has 124 valence electrons. The number of hydrogen-bond donors (Lipinski definition) is 3. The molecular weight excluding hydrogens is 300 g/mol. The van der Waals surface area contributed by atoms with Crippen LogP contribution in [0.15, 0.2) is 36.9 Å². The summed E-state index contributed by atoms with van der Waals surface area (Å²) >= 11 is 0. The molecule has 3 N–H and O–H groups in total. The fraction of sp³-hybridized carbons (Fsp3) is 0.312. The molecule has 2 amide bonds. The van der Waals surface area contributed by atoms with Crippen molar-refractivity contribution < 1.29 is 24.2 Å². The summed E-state index contributed by atoms with van der Waals surface area (Å²) in [7, 11) is 1.49. The van der Waals surface area contributed by atoms with Crippen molar-refractivity contribution in [3.05, 3.63) is 42.5 Å². The number of ether oxygens (including phenoxy) is 1. The van der Waals surface area contributed by atoms with Gasteiger partial charge in [0.15, 0.2) is 0 Å². The van der Waals surface area contributed by atoms with E-state index in [4.69, 9.17) is 9.84 Å². The molecule has 1 aromatic carbocycles. The zero-order valence-corrected chi connectivity index (χ0v) is 12.9. The van der Waals surface area contributed by atoms with Crippen molar-refractivity contribution in [2.75, 3.05) is 13.7 Å². The number of carbonyl (C=O) groups excluding carboxylic acids is 2. The number of allylic oxidation sites excluding steroid dienone is 1. The highest BCUT2D eigenvalue weighted by molar-refractivity contribution is 5.97. The molecule has 0 aliphatic rings. The lowest BCUT2D eigenvalue weighted by Gasteiger charge is -2.14. The highest BCUT2D eigenvalue weighted by Crippen LogP contribution is 2.12. The van der Waals surface area contributed by atoms with Crippen LogP contribution in [-0.2, 0) is 9.59 Å². The van der Waals surface area contributed by atoms with E-state index in [0.29, 0.717) is 17.7 Å². The van der Waals surface area contributed by atoms with E-state index >= 15 is 0 Å². The largest absolute Gasteiger partial charge is 0.497 e. The predicted molar refractivity (Wildman–Crippen MR) is 84.3 cm³/mol. The van der Waals surface area contributed by atoms with Gasteiger partial charge in [-0.3, -0.25) is 9.59 Å². The van der Waals surface area contributed by atoms with Crippen molar-refractivity contribution in [1.29, 1.82) is 0 Å². The van der Waals surface area contributed by atoms with E-state index in [1.54, 1.807) is 24.3 Å². The highest BCUT2D eigenvalue weighted by Gasteiger charge is 2.19. The Morgan fingerprint density at radius 3 is 2.74 bits per heavy atom. The molecular formula is C16H20N2O5. The standard InChI is InChI=1S/C16H20N2O5/c1-3-4-8-13(16(21)22)18-14(19)10-17-15(20)11-6-5-7-12(9-11)23-2/h3,5-7,9,13H,1,4,8,10H2,2H3,(H,17,20)(H,18,19)(H,21,22). The molecule has 1 aromatic rings. The van der Waals surface area contributed by atoms with Crippen molar-refractivity contribution >= 4 is 17.8 Å². The van der Waals surface area contributed by atoms with E-state index in [-0.39, 0.29) is 13.0 Å². The Labute approximate surface area is 134 Å². The third-order valence-corrected chi connectivity index (χ3v) is 3.03. The lowest BCUT2D eigenvalue weighted by Crippen LogP contribution is -2.45. The molecule has 1 unspecified atom stereocenters. The van der Waals surface area contributed by atoms with Crippen LogP contribution in [0.4, 0.5) is 0 Å². The summed E-state index contributed by atoms with van der Waals surface area (Å²) < 4.78 is 5.01. The van der Waals surface area contributed by atoms with Crippen LogP contribution in [0.5, 0.6) is 5.75 Å². The molecule has 0 saturated carbocycles. The third-order valence-electron chi connectivity index (χ3n) is 3.03. The van der Waals surface area contributed by atoms with Crippen LogP contribution in [-0.4, -0.2) is 42.6 Å². The van der Waals surface area contributed by atoms with Gasteiger partial charge in [0.2, 0.25) is 5.91 Å². The Balaban J connectivity index is 2.52. The first-order valence-electron chi connectivity index (χ1n) is 7.03. The predicted octanol–water partition coefficient (Wildman–Crippen LogP) is 0.961. The normalized spacial score (nSPS) is 11.2. The van der Waals surface area contributed by atoms with Crippen molar-refractivity contribution in [2.45, 2.75) is 18.9 Å². The first kappa shape index (κ1) is 18.2. The van der Waals surface area contributed by atoms with E-state index < -0.39 is 23.8 Å². The van der Waals surface area contributed by atoms with Gasteiger partial charge in [-0.1, -0.05) is 12.1 Å². The van der Waals surface area contributed by atoms with Crippen LogP contribution in [0.3, 0.4) is 0 Å². The van der Waals surface area contributed by atoms with Gasteiger partial charge in [-0.05, 0) is 31.0 Å². The monoisotopic (exact) mass is 320 g/mol. The van der Waals surface area contributed by atoms with Crippen molar-refractivity contribution in [3.8, 4) is 5.75 Å². The summed E-state index contributed by atoms with van der Waals surface area (Å²) in [5, 5.41) is 13.8. The third kappa shape index (κ3) is 6.21. The topological polar surface area (TPSA) is 105 Å². The number of aliphatic carboxylic acids is 1. The number of carboxylic acid groups (broad SMARTS) is 1. The van der Waals surface area contributed by atoms with E-state index in [2.05, 4.69) is 17.2 Å². The number of nitrogens with one attached hydrogen (secondary N) is 2. The average molecular weight is 320 g/mol. The van der Waals surface area contributed by atoms with E-state index in [1.165, 1.54) is 13.2 Å². The van der Waals surface area contributed by atoms with Gasteiger partial charge in [-0.25, -0.2) is 4.79 Å². The molecule has 0 spiro atoms. The fourth-order valence-electron chi connectivity index (χ4n) is 1.81. The first-order chi connectivity index (χ1) is 11.0. The number of carbonyl (C=O) groups is 3. The Morgan fingerprint density at radius 1 is 1.39 bits per heavy atom. The SMILES string of the molecule is C=CCCC(NC(=O)CNC(=O)c1cccc(OC)c1)C(=O)O. The number of carboxylic acids is 1. The van der Waals surface area contributed by atoms with Gasteiger partial charge in [0, 0.05) is 5.56 Å². The van der Waals surface area contributed by atoms with Crippen LogP contribution in [0, 0.1) is 0 Å². The number of methoxy groups -OCH3 is 1. The van der Waals surface area contributed by atoms with Crippen molar-refractivity contribution in [3.63, 3.8) is 0 Å². The number of rotatable bonds is 9. The molecule has 0 saturated heterocycles. The first-order valence-corrected chi connectivity index (χ1v) is 7.03. The molecule has 1 atom stereocenters. The molecule has 0 bridgehead atoms. The van der Waals surface area contributed by atoms with E-state index in [9.17, 15) is 14.4 Å². The second-order valence-corrected chi connectivity index (χ2v) is 4.74. The Kier molecular flexibility index (Phi) is 7.32. The molecule has 0 aliphatic heterocycles. The maximum atomic E-state index is 11.9. The Hall–Kier alpha value is -2.83. The summed E-state index contributed by atoms with van der Waals surface area (Å²) in [6.45, 7) is 3.19. The number of hydrogen-bond acceptors (Lipinski definition) is 4. The molecule has 7 nitrogen and oxygen atoms in total. The van der Waals surface area contributed by atoms with Gasteiger partial charge in [0.25, 0.3) is 5.91 Å². The highest BCUT2D eigenvalue weighted by atomic mass is 16.5. The van der Waals surface area contributed by atoms with Gasteiger partial charge in [0.05, 0.1) is 13.7 Å². The van der Waals surface area contributed by atoms with E-state index in [0.717, 1.165) is 0 Å². The van der Waals surface area contributed by atoms with E-state index in [1.807, 2.05) is 0 Å². The van der Waals surface area contributed by atoms with Gasteiger partial charge in [0.1, 0.15) is 11.8 Å². The Morgan fingerprint density at radius 2 is 2.13 bits per heavy atom. The molecule has 0 aliphatic carbocycles. The maximum absolute atomic E-state index is 11.9. The number of amides is 2. The van der Waals surface area contributed by atoms with Crippen LogP contribution < -0.4 is 15.4 Å². The maximum Gasteiger partial charge on any atom is 0.326 e. The summed E-state index contributed by atoms with van der Waals surface area (Å²) in [5.41, 5.74) is 0.346. The lowest BCUT2D eigenvalue weighted by atomic mass is 10.1. The van der Waals surface area contributed by atoms with Gasteiger partial charge < -0.3 is 20.5 Å². The molecule has 7 heteroatoms. The minimum absolute atomic E-state index is 0.244. The van der Waals surface area contributed by atoms with Gasteiger partial charge >= 0.3 is 5.97 Å². The smallest absolute Gasteiger partial charge is 0.326 e. The number of benzene rings is 1. The second kappa shape index (κ2) is 9.24. The summed E-state index contributed by atoms with van der Waals surface area (Å²) in [5.74, 6) is -1.62. The second-order valence-electron chi connectivity index (χ2n) is 4.74. The zero-order chi connectivity index (χ0) is 17.2. The average Bonchev–Trinajstić information content (AvgIpc) is 2.56. The zero-order valence-electron chi connectivity index (χ0n) is 12.9. The van der Waals surface area contributed by atoms with Gasteiger partial charge in [-0.15, -0.1) is 6.58 Å². The van der Waals surface area contributed by atoms with Gasteiger partial charge in [-0.2, -0.15) is 0 Å². The molecule has 23 heavy (non-hydrogen) atoms. The van der Waals surface area contributed by atoms with Crippen LogP contribution in [0.2, 0.25) is 0 Å².